The quantitative estimate of drug-likeness (QED) is 0.634. The average Bonchev–Trinajstić information content (AvgIpc) is 3.02. The number of benzene rings is 2. The lowest BCUT2D eigenvalue weighted by Gasteiger charge is -2.08. The van der Waals surface area contributed by atoms with E-state index in [9.17, 15) is 4.79 Å². The van der Waals surface area contributed by atoms with Crippen LogP contribution in [0.3, 0.4) is 0 Å². The molecule has 2 aromatic rings. The van der Waals surface area contributed by atoms with Crippen molar-refractivity contribution in [3.05, 3.63) is 64.9 Å². The molecule has 0 aromatic heterocycles. The maximum Gasteiger partial charge on any atom is 0.363 e. The van der Waals surface area contributed by atoms with Crippen molar-refractivity contribution in [3.63, 3.8) is 0 Å². The van der Waals surface area contributed by atoms with Crippen LogP contribution in [0.5, 0.6) is 11.5 Å². The summed E-state index contributed by atoms with van der Waals surface area (Å²) in [4.78, 5) is 16.3. The third-order valence-corrected chi connectivity index (χ3v) is 3.59. The van der Waals surface area contributed by atoms with E-state index in [0.29, 0.717) is 22.6 Å². The van der Waals surface area contributed by atoms with Crippen molar-refractivity contribution in [1.29, 1.82) is 5.26 Å². The molecule has 1 aliphatic heterocycles. The Bertz CT molecular complexity index is 921. The number of rotatable bonds is 4. The molecule has 0 N–H and O–H groups in total. The highest BCUT2D eigenvalue weighted by atomic mass is 16.6. The Morgan fingerprint density at radius 1 is 1.08 bits per heavy atom. The van der Waals surface area contributed by atoms with Crippen molar-refractivity contribution in [3.8, 4) is 17.6 Å². The summed E-state index contributed by atoms with van der Waals surface area (Å²) < 4.78 is 15.7. The third-order valence-electron chi connectivity index (χ3n) is 3.59. The molecule has 0 atom stereocenters. The van der Waals surface area contributed by atoms with Gasteiger partial charge in [-0.25, -0.2) is 9.79 Å². The van der Waals surface area contributed by atoms with Crippen molar-refractivity contribution in [2.24, 2.45) is 4.99 Å². The number of hydrogen-bond donors (Lipinski definition) is 0. The maximum atomic E-state index is 12.0. The summed E-state index contributed by atoms with van der Waals surface area (Å²) in [7, 11) is 3.07. The van der Waals surface area contributed by atoms with E-state index in [2.05, 4.69) is 4.99 Å². The Hall–Kier alpha value is -3.59. The highest BCUT2D eigenvalue weighted by Crippen LogP contribution is 2.29. The molecule has 0 unspecified atom stereocenters. The largest absolute Gasteiger partial charge is 0.493 e. The van der Waals surface area contributed by atoms with Gasteiger partial charge in [-0.1, -0.05) is 12.1 Å². The smallest absolute Gasteiger partial charge is 0.363 e. The fourth-order valence-corrected chi connectivity index (χ4v) is 2.31. The lowest BCUT2D eigenvalue weighted by Crippen LogP contribution is -2.05. The zero-order valence-corrected chi connectivity index (χ0v) is 13.6. The first-order valence-electron chi connectivity index (χ1n) is 7.39. The predicted molar refractivity (Wildman–Crippen MR) is 91.3 cm³/mol. The van der Waals surface area contributed by atoms with Crippen LogP contribution in [-0.4, -0.2) is 26.1 Å². The van der Waals surface area contributed by atoms with E-state index >= 15 is 0 Å². The van der Waals surface area contributed by atoms with Crippen LogP contribution >= 0.6 is 0 Å². The van der Waals surface area contributed by atoms with Gasteiger partial charge in [-0.05, 0) is 42.0 Å². The van der Waals surface area contributed by atoms with Gasteiger partial charge in [-0.2, -0.15) is 5.26 Å². The number of cyclic esters (lactones) is 1. The van der Waals surface area contributed by atoms with E-state index < -0.39 is 5.97 Å². The highest BCUT2D eigenvalue weighted by molar-refractivity contribution is 6.13. The van der Waals surface area contributed by atoms with Gasteiger partial charge in [0.25, 0.3) is 0 Å². The SMILES string of the molecule is COc1ccc(C2=N/C(=C/c3ccc(C#N)cc3)C(=O)O2)cc1OC. The molecular weight excluding hydrogens is 320 g/mol. The lowest BCUT2D eigenvalue weighted by molar-refractivity contribution is -0.129. The van der Waals surface area contributed by atoms with Gasteiger partial charge < -0.3 is 14.2 Å². The molecule has 0 amide bonds. The molecule has 0 fully saturated rings. The molecular formula is C19H14N2O4. The normalized spacial score (nSPS) is 14.7. The minimum Gasteiger partial charge on any atom is -0.493 e. The first-order chi connectivity index (χ1) is 12.1. The zero-order chi connectivity index (χ0) is 17.8. The van der Waals surface area contributed by atoms with E-state index in [1.165, 1.54) is 7.11 Å². The van der Waals surface area contributed by atoms with Crippen LogP contribution in [0.4, 0.5) is 0 Å². The Balaban J connectivity index is 1.92. The molecule has 6 nitrogen and oxygen atoms in total. The second-order valence-electron chi connectivity index (χ2n) is 5.14. The van der Waals surface area contributed by atoms with Gasteiger partial charge in [-0.3, -0.25) is 0 Å². The van der Waals surface area contributed by atoms with Crippen LogP contribution < -0.4 is 9.47 Å². The number of methoxy groups -OCH3 is 2. The summed E-state index contributed by atoms with van der Waals surface area (Å²) >= 11 is 0. The number of ether oxygens (including phenoxy) is 3. The molecule has 0 saturated heterocycles. The first-order valence-corrected chi connectivity index (χ1v) is 7.39. The number of carbonyl (C=O) groups excluding carboxylic acids is 1. The van der Waals surface area contributed by atoms with Gasteiger partial charge >= 0.3 is 5.97 Å². The van der Waals surface area contributed by atoms with Gasteiger partial charge in [0.1, 0.15) is 0 Å². The molecule has 124 valence electrons. The van der Waals surface area contributed by atoms with Crippen molar-refractivity contribution >= 4 is 17.9 Å². The van der Waals surface area contributed by atoms with Crippen LogP contribution in [0, 0.1) is 11.3 Å². The van der Waals surface area contributed by atoms with Crippen LogP contribution in [0.15, 0.2) is 53.2 Å². The van der Waals surface area contributed by atoms with Crippen molar-refractivity contribution < 1.29 is 19.0 Å². The van der Waals surface area contributed by atoms with Crippen LogP contribution in [-0.2, 0) is 9.53 Å². The molecule has 1 heterocycles. The molecule has 25 heavy (non-hydrogen) atoms. The van der Waals surface area contributed by atoms with Crippen LogP contribution in [0.1, 0.15) is 16.7 Å². The van der Waals surface area contributed by atoms with E-state index in [1.54, 1.807) is 55.7 Å². The summed E-state index contributed by atoms with van der Waals surface area (Å²) in [6.45, 7) is 0. The summed E-state index contributed by atoms with van der Waals surface area (Å²) in [5.74, 6) is 0.757. The van der Waals surface area contributed by atoms with Crippen molar-refractivity contribution in [2.45, 2.75) is 0 Å². The van der Waals surface area contributed by atoms with E-state index in [-0.39, 0.29) is 11.6 Å². The number of esters is 1. The summed E-state index contributed by atoms with van der Waals surface area (Å²) in [6, 6.07) is 14.0. The van der Waals surface area contributed by atoms with E-state index in [4.69, 9.17) is 19.5 Å². The van der Waals surface area contributed by atoms with E-state index in [1.807, 2.05) is 6.07 Å². The first kappa shape index (κ1) is 16.3. The summed E-state index contributed by atoms with van der Waals surface area (Å²) in [5, 5.41) is 8.82. The van der Waals surface area contributed by atoms with Crippen LogP contribution in [0.2, 0.25) is 0 Å². The third kappa shape index (κ3) is 3.35. The molecule has 6 heteroatoms. The van der Waals surface area contributed by atoms with E-state index in [0.717, 1.165) is 5.56 Å². The van der Waals surface area contributed by atoms with Gasteiger partial charge in [0.05, 0.1) is 25.9 Å². The fourth-order valence-electron chi connectivity index (χ4n) is 2.31. The number of hydrogen-bond acceptors (Lipinski definition) is 6. The van der Waals surface area contributed by atoms with Crippen molar-refractivity contribution in [1.82, 2.24) is 0 Å². The molecule has 3 rings (SSSR count). The van der Waals surface area contributed by atoms with Crippen LogP contribution in [0.25, 0.3) is 6.08 Å². The number of nitriles is 1. The van der Waals surface area contributed by atoms with Crippen molar-refractivity contribution in [2.75, 3.05) is 14.2 Å². The number of nitrogens with zero attached hydrogens (tertiary/aromatic N) is 2. The predicted octanol–water partition coefficient (Wildman–Crippen LogP) is 2.92. The Morgan fingerprint density at radius 2 is 1.80 bits per heavy atom. The number of aliphatic imine (C=N–C) groups is 1. The molecule has 1 aliphatic rings. The molecule has 0 bridgehead atoms. The molecule has 2 aromatic carbocycles. The monoisotopic (exact) mass is 334 g/mol. The molecule has 0 radical (unpaired) electrons. The second-order valence-corrected chi connectivity index (χ2v) is 5.14. The standard InChI is InChI=1S/C19H14N2O4/c1-23-16-8-7-14(10-17(16)24-2)18-21-15(19(22)25-18)9-12-3-5-13(11-20)6-4-12/h3-10H,1-2H3/b15-9+. The minimum absolute atomic E-state index is 0.189. The van der Waals surface area contributed by atoms with Gasteiger partial charge in [0, 0.05) is 5.56 Å². The molecule has 0 spiro atoms. The van der Waals surface area contributed by atoms with Gasteiger partial charge in [0.15, 0.2) is 17.2 Å². The Morgan fingerprint density at radius 3 is 2.44 bits per heavy atom. The molecule has 0 aliphatic carbocycles. The Labute approximate surface area is 144 Å². The second kappa shape index (κ2) is 6.89. The topological polar surface area (TPSA) is 80.9 Å². The zero-order valence-electron chi connectivity index (χ0n) is 13.6. The summed E-state index contributed by atoms with van der Waals surface area (Å²) in [6.07, 6.45) is 1.61. The molecule has 0 saturated carbocycles. The van der Waals surface area contributed by atoms with Gasteiger partial charge in [-0.15, -0.1) is 0 Å². The van der Waals surface area contributed by atoms with Gasteiger partial charge in [0.2, 0.25) is 5.90 Å². The fraction of sp³-hybridized carbons (Fsp3) is 0.105. The minimum atomic E-state index is -0.533. The average molecular weight is 334 g/mol. The Kier molecular flexibility index (Phi) is 4.48. The highest BCUT2D eigenvalue weighted by Gasteiger charge is 2.25. The summed E-state index contributed by atoms with van der Waals surface area (Å²) in [5.41, 5.74) is 2.10. The number of carbonyl (C=O) groups is 1. The lowest BCUT2D eigenvalue weighted by atomic mass is 10.1. The maximum absolute atomic E-state index is 12.0.